The summed E-state index contributed by atoms with van der Waals surface area (Å²) in [6.07, 6.45) is 1.63. The van der Waals surface area contributed by atoms with Crippen molar-refractivity contribution in [3.63, 3.8) is 0 Å². The Morgan fingerprint density at radius 1 is 1.40 bits per heavy atom. The number of fused-ring (bicyclic) bond motifs is 1. The number of benzene rings is 1. The summed E-state index contributed by atoms with van der Waals surface area (Å²) >= 11 is 0. The number of carbonyl (C=O) groups excluding carboxylic acids is 1. The van der Waals surface area contributed by atoms with Gasteiger partial charge in [0.05, 0.1) is 12.3 Å². The number of nitriles is 1. The minimum absolute atomic E-state index is 0.246. The third kappa shape index (κ3) is 2.03. The van der Waals surface area contributed by atoms with Crippen molar-refractivity contribution in [1.82, 2.24) is 9.91 Å². The predicted octanol–water partition coefficient (Wildman–Crippen LogP) is 2.54. The Hall–Kier alpha value is -2.35. The lowest BCUT2D eigenvalue weighted by Crippen LogP contribution is -2.51. The van der Waals surface area contributed by atoms with Gasteiger partial charge in [0.2, 0.25) is 0 Å². The minimum Gasteiger partial charge on any atom is -0.324 e. The van der Waals surface area contributed by atoms with Crippen molar-refractivity contribution in [3.8, 4) is 6.07 Å². The van der Waals surface area contributed by atoms with Gasteiger partial charge in [-0.25, -0.2) is 4.79 Å². The van der Waals surface area contributed by atoms with E-state index in [1.807, 2.05) is 38.1 Å². The average Bonchev–Trinajstić information content (AvgIpc) is 2.49. The lowest BCUT2D eigenvalue weighted by atomic mass is 9.88. The summed E-state index contributed by atoms with van der Waals surface area (Å²) in [7, 11) is 0. The molecular weight excluding hydrogens is 252 g/mol. The van der Waals surface area contributed by atoms with Gasteiger partial charge >= 0.3 is 6.03 Å². The van der Waals surface area contributed by atoms with Crippen LogP contribution in [0.4, 0.5) is 4.79 Å². The molecule has 0 radical (unpaired) electrons. The second kappa shape index (κ2) is 5.33. The molecule has 0 spiro atoms. The van der Waals surface area contributed by atoms with Crippen molar-refractivity contribution < 1.29 is 4.79 Å². The third-order valence-electron chi connectivity index (χ3n) is 3.65. The SMILES string of the molecule is CCN(CC)C(=O)N1N=Cc2ccccc2C1(C)C#N. The Bertz CT molecular complexity index is 586. The highest BCUT2D eigenvalue weighted by Gasteiger charge is 2.42. The fourth-order valence-electron chi connectivity index (χ4n) is 2.38. The van der Waals surface area contributed by atoms with Crippen LogP contribution in [0.15, 0.2) is 29.4 Å². The summed E-state index contributed by atoms with van der Waals surface area (Å²) in [5.41, 5.74) is 0.600. The first-order valence-electron chi connectivity index (χ1n) is 6.72. The summed E-state index contributed by atoms with van der Waals surface area (Å²) in [6.45, 7) is 6.72. The van der Waals surface area contributed by atoms with Crippen molar-refractivity contribution in [2.75, 3.05) is 13.1 Å². The summed E-state index contributed by atoms with van der Waals surface area (Å²) in [5, 5.41) is 15.1. The van der Waals surface area contributed by atoms with Crippen molar-refractivity contribution in [1.29, 1.82) is 5.26 Å². The average molecular weight is 270 g/mol. The van der Waals surface area contributed by atoms with Crippen LogP contribution in [0.5, 0.6) is 0 Å². The van der Waals surface area contributed by atoms with Gasteiger partial charge in [0.15, 0.2) is 5.54 Å². The molecule has 1 unspecified atom stereocenters. The maximum absolute atomic E-state index is 12.5. The second-order valence-corrected chi connectivity index (χ2v) is 4.78. The van der Waals surface area contributed by atoms with Crippen LogP contribution in [0.1, 0.15) is 31.9 Å². The van der Waals surface area contributed by atoms with Crippen molar-refractivity contribution in [2.24, 2.45) is 5.10 Å². The highest BCUT2D eigenvalue weighted by molar-refractivity contribution is 5.87. The van der Waals surface area contributed by atoms with E-state index < -0.39 is 5.54 Å². The standard InChI is InChI=1S/C15H18N4O/c1-4-18(5-2)14(20)19-15(3,11-16)13-9-7-6-8-12(13)10-17-19/h6-10H,4-5H2,1-3H3. The first-order chi connectivity index (χ1) is 9.58. The Labute approximate surface area is 119 Å². The first kappa shape index (κ1) is 14.1. The lowest BCUT2D eigenvalue weighted by molar-refractivity contribution is 0.120. The van der Waals surface area contributed by atoms with E-state index in [-0.39, 0.29) is 6.03 Å². The summed E-state index contributed by atoms with van der Waals surface area (Å²) in [4.78, 5) is 14.2. The zero-order valence-corrected chi connectivity index (χ0v) is 12.0. The number of hydrazone groups is 1. The molecule has 5 heteroatoms. The van der Waals surface area contributed by atoms with Crippen molar-refractivity contribution >= 4 is 12.2 Å². The maximum Gasteiger partial charge on any atom is 0.342 e. The van der Waals surface area contributed by atoms with Crippen LogP contribution in [-0.2, 0) is 5.54 Å². The molecule has 1 heterocycles. The number of hydrogen-bond donors (Lipinski definition) is 0. The fourth-order valence-corrected chi connectivity index (χ4v) is 2.38. The molecule has 1 aliphatic rings. The van der Waals surface area contributed by atoms with Crippen LogP contribution in [0, 0.1) is 11.3 Å². The molecular formula is C15H18N4O. The summed E-state index contributed by atoms with van der Waals surface area (Å²) in [6, 6.07) is 9.52. The molecule has 0 aliphatic carbocycles. The van der Waals surface area contributed by atoms with E-state index >= 15 is 0 Å². The van der Waals surface area contributed by atoms with Crippen molar-refractivity contribution in [2.45, 2.75) is 26.3 Å². The van der Waals surface area contributed by atoms with Crippen LogP contribution >= 0.6 is 0 Å². The van der Waals surface area contributed by atoms with Gasteiger partial charge in [-0.1, -0.05) is 24.3 Å². The molecule has 1 aromatic carbocycles. The quantitative estimate of drug-likeness (QED) is 0.829. The van der Waals surface area contributed by atoms with Gasteiger partial charge < -0.3 is 4.90 Å². The smallest absolute Gasteiger partial charge is 0.324 e. The van der Waals surface area contributed by atoms with Crippen LogP contribution in [0.2, 0.25) is 0 Å². The van der Waals surface area contributed by atoms with Crippen LogP contribution < -0.4 is 0 Å². The molecule has 5 nitrogen and oxygen atoms in total. The van der Waals surface area contributed by atoms with E-state index in [1.54, 1.807) is 18.0 Å². The zero-order chi connectivity index (χ0) is 14.8. The molecule has 2 amide bonds. The normalized spacial score (nSPS) is 20.2. The second-order valence-electron chi connectivity index (χ2n) is 4.78. The monoisotopic (exact) mass is 270 g/mol. The molecule has 0 bridgehead atoms. The van der Waals surface area contributed by atoms with E-state index in [9.17, 15) is 10.1 Å². The van der Waals surface area contributed by atoms with E-state index in [0.717, 1.165) is 11.1 Å². The maximum atomic E-state index is 12.5. The van der Waals surface area contributed by atoms with E-state index in [0.29, 0.717) is 13.1 Å². The predicted molar refractivity (Wildman–Crippen MR) is 77.2 cm³/mol. The summed E-state index contributed by atoms with van der Waals surface area (Å²) in [5.74, 6) is 0. The molecule has 0 aromatic heterocycles. The molecule has 1 aromatic rings. The van der Waals surface area contributed by atoms with E-state index in [2.05, 4.69) is 11.2 Å². The van der Waals surface area contributed by atoms with Gasteiger partial charge in [-0.2, -0.15) is 15.4 Å². The molecule has 0 fully saturated rings. The Balaban J connectivity index is 2.48. The molecule has 104 valence electrons. The molecule has 0 saturated carbocycles. The van der Waals surface area contributed by atoms with Gasteiger partial charge in [0.25, 0.3) is 0 Å². The zero-order valence-electron chi connectivity index (χ0n) is 12.0. The van der Waals surface area contributed by atoms with Gasteiger partial charge in [0, 0.05) is 24.2 Å². The Morgan fingerprint density at radius 2 is 2.05 bits per heavy atom. The lowest BCUT2D eigenvalue weighted by Gasteiger charge is -2.38. The number of amides is 2. The van der Waals surface area contributed by atoms with Crippen LogP contribution in [-0.4, -0.2) is 35.2 Å². The van der Waals surface area contributed by atoms with Crippen molar-refractivity contribution in [3.05, 3.63) is 35.4 Å². The summed E-state index contributed by atoms with van der Waals surface area (Å²) < 4.78 is 0. The molecule has 0 saturated heterocycles. The molecule has 0 N–H and O–H groups in total. The van der Waals surface area contributed by atoms with Crippen LogP contribution in [0.3, 0.4) is 0 Å². The van der Waals surface area contributed by atoms with E-state index in [4.69, 9.17) is 0 Å². The highest BCUT2D eigenvalue weighted by Crippen LogP contribution is 2.33. The van der Waals surface area contributed by atoms with Gasteiger partial charge in [0.1, 0.15) is 0 Å². The van der Waals surface area contributed by atoms with Crippen LogP contribution in [0.25, 0.3) is 0 Å². The third-order valence-corrected chi connectivity index (χ3v) is 3.65. The number of rotatable bonds is 2. The number of urea groups is 1. The highest BCUT2D eigenvalue weighted by atomic mass is 16.2. The minimum atomic E-state index is -1.08. The topological polar surface area (TPSA) is 59.7 Å². The van der Waals surface area contributed by atoms with Gasteiger partial charge in [-0.15, -0.1) is 0 Å². The number of hydrogen-bond acceptors (Lipinski definition) is 3. The van der Waals surface area contributed by atoms with Gasteiger partial charge in [-0.3, -0.25) is 0 Å². The van der Waals surface area contributed by atoms with Gasteiger partial charge in [-0.05, 0) is 20.8 Å². The Morgan fingerprint density at radius 3 is 2.65 bits per heavy atom. The first-order valence-corrected chi connectivity index (χ1v) is 6.72. The number of nitrogens with zero attached hydrogens (tertiary/aromatic N) is 4. The number of carbonyl (C=O) groups is 1. The largest absolute Gasteiger partial charge is 0.342 e. The molecule has 2 rings (SSSR count). The Kier molecular flexibility index (Phi) is 3.75. The fraction of sp³-hybridized carbons (Fsp3) is 0.400. The van der Waals surface area contributed by atoms with E-state index in [1.165, 1.54) is 5.01 Å². The molecule has 1 atom stereocenters. The molecule has 20 heavy (non-hydrogen) atoms. The molecule has 1 aliphatic heterocycles.